The third kappa shape index (κ3) is 7.31. The van der Waals surface area contributed by atoms with Crippen LogP contribution in [0.3, 0.4) is 0 Å². The van der Waals surface area contributed by atoms with Gasteiger partial charge in [-0.1, -0.05) is 121 Å². The fourth-order valence-electron chi connectivity index (χ4n) is 5.86. The van der Waals surface area contributed by atoms with Crippen molar-refractivity contribution in [3.8, 4) is 0 Å². The van der Waals surface area contributed by atoms with E-state index < -0.39 is 0 Å². The Morgan fingerprint density at radius 2 is 1.02 bits per heavy atom. The molecule has 2 aliphatic rings. The smallest absolute Gasteiger partial charge is 0.115 e. The van der Waals surface area contributed by atoms with E-state index in [1.807, 2.05) is 54.6 Å². The molecule has 212 valence electrons. The number of hydrogen-bond donors (Lipinski definition) is 0. The first-order valence-electron chi connectivity index (χ1n) is 14.6. The van der Waals surface area contributed by atoms with E-state index in [4.69, 9.17) is 23.7 Å². The Morgan fingerprint density at radius 1 is 0.537 bits per heavy atom. The molecule has 0 bridgehead atoms. The molecule has 6 atom stereocenters. The van der Waals surface area contributed by atoms with E-state index in [1.165, 1.54) is 5.56 Å². The lowest BCUT2D eigenvalue weighted by Gasteiger charge is -2.44. The van der Waals surface area contributed by atoms with Crippen LogP contribution in [0.2, 0.25) is 0 Å². The van der Waals surface area contributed by atoms with E-state index >= 15 is 0 Å². The molecule has 5 nitrogen and oxygen atoms in total. The maximum atomic E-state index is 6.86. The zero-order valence-electron chi connectivity index (χ0n) is 23.3. The first-order chi connectivity index (χ1) is 20.3. The van der Waals surface area contributed by atoms with Gasteiger partial charge in [0.15, 0.2) is 0 Å². The maximum absolute atomic E-state index is 6.86. The minimum absolute atomic E-state index is 0.113. The van der Waals surface area contributed by atoms with Crippen molar-refractivity contribution in [3.05, 3.63) is 144 Å². The first-order valence-corrected chi connectivity index (χ1v) is 14.6. The minimum Gasteiger partial charge on any atom is -0.374 e. The molecule has 0 N–H and O–H groups in total. The molecule has 0 amide bonds. The monoisotopic (exact) mass is 550 g/mol. The molecule has 0 unspecified atom stereocenters. The predicted molar refractivity (Wildman–Crippen MR) is 158 cm³/mol. The van der Waals surface area contributed by atoms with Crippen LogP contribution in [0.4, 0.5) is 0 Å². The number of rotatable bonds is 12. The van der Waals surface area contributed by atoms with E-state index in [0.29, 0.717) is 33.0 Å². The Kier molecular flexibility index (Phi) is 9.53. The number of ether oxygens (including phenoxy) is 5. The SMILES string of the molecule is c1ccc(COC[C@H]2O[C@@H]3[C@H](Cc4ccccc4)CO[C@@H]3[C@@H](OCc3ccccc3)[C@@H]2OCc2ccccc2)cc1. The quantitative estimate of drug-likeness (QED) is 0.204. The summed E-state index contributed by atoms with van der Waals surface area (Å²) >= 11 is 0. The van der Waals surface area contributed by atoms with Crippen LogP contribution in [0.5, 0.6) is 0 Å². The molecule has 4 aromatic carbocycles. The van der Waals surface area contributed by atoms with Gasteiger partial charge >= 0.3 is 0 Å². The second-order valence-electron chi connectivity index (χ2n) is 10.9. The largest absolute Gasteiger partial charge is 0.374 e. The lowest BCUT2D eigenvalue weighted by Crippen LogP contribution is -2.60. The van der Waals surface area contributed by atoms with Gasteiger partial charge in [0.1, 0.15) is 24.4 Å². The van der Waals surface area contributed by atoms with Crippen LogP contribution < -0.4 is 0 Å². The molecule has 2 aliphatic heterocycles. The summed E-state index contributed by atoms with van der Waals surface area (Å²) in [5.74, 6) is 0.219. The highest BCUT2D eigenvalue weighted by atomic mass is 16.6. The summed E-state index contributed by atoms with van der Waals surface area (Å²) in [6.07, 6.45) is -0.406. The highest BCUT2D eigenvalue weighted by Gasteiger charge is 2.53. The van der Waals surface area contributed by atoms with E-state index in [9.17, 15) is 0 Å². The molecule has 0 radical (unpaired) electrons. The minimum atomic E-state index is -0.355. The topological polar surface area (TPSA) is 46.2 Å². The van der Waals surface area contributed by atoms with Crippen molar-refractivity contribution in [2.45, 2.75) is 56.8 Å². The van der Waals surface area contributed by atoms with E-state index in [1.54, 1.807) is 0 Å². The van der Waals surface area contributed by atoms with Crippen molar-refractivity contribution < 1.29 is 23.7 Å². The van der Waals surface area contributed by atoms with Crippen molar-refractivity contribution in [2.75, 3.05) is 13.2 Å². The third-order valence-electron chi connectivity index (χ3n) is 7.94. The van der Waals surface area contributed by atoms with Gasteiger partial charge < -0.3 is 23.7 Å². The summed E-state index contributed by atoms with van der Waals surface area (Å²) in [6, 6.07) is 41.3. The van der Waals surface area contributed by atoms with Crippen LogP contribution in [-0.4, -0.2) is 43.7 Å². The van der Waals surface area contributed by atoms with Crippen LogP contribution in [0, 0.1) is 5.92 Å². The average molecular weight is 551 g/mol. The van der Waals surface area contributed by atoms with Crippen LogP contribution in [0.25, 0.3) is 0 Å². The van der Waals surface area contributed by atoms with Gasteiger partial charge in [-0.25, -0.2) is 0 Å². The molecule has 2 saturated heterocycles. The molecule has 4 aromatic rings. The van der Waals surface area contributed by atoms with Gasteiger partial charge in [0.05, 0.1) is 39.1 Å². The highest BCUT2D eigenvalue weighted by Crippen LogP contribution is 2.38. The van der Waals surface area contributed by atoms with Gasteiger partial charge in [-0.2, -0.15) is 0 Å². The zero-order chi connectivity index (χ0) is 27.7. The van der Waals surface area contributed by atoms with Gasteiger partial charge in [0.25, 0.3) is 0 Å². The van der Waals surface area contributed by atoms with E-state index in [0.717, 1.165) is 23.1 Å². The Morgan fingerprint density at radius 3 is 1.59 bits per heavy atom. The zero-order valence-corrected chi connectivity index (χ0v) is 23.3. The van der Waals surface area contributed by atoms with E-state index in [2.05, 4.69) is 66.7 Å². The van der Waals surface area contributed by atoms with Crippen LogP contribution in [-0.2, 0) is 49.9 Å². The van der Waals surface area contributed by atoms with Crippen LogP contribution in [0.15, 0.2) is 121 Å². The normalized spacial score (nSPS) is 25.6. The summed E-state index contributed by atoms with van der Waals surface area (Å²) in [5.41, 5.74) is 4.64. The Bertz CT molecular complexity index is 1300. The summed E-state index contributed by atoms with van der Waals surface area (Å²) < 4.78 is 32.9. The molecular weight excluding hydrogens is 512 g/mol. The Balaban J connectivity index is 1.24. The summed E-state index contributed by atoms with van der Waals surface area (Å²) in [7, 11) is 0. The predicted octanol–water partition coefficient (Wildman–Crippen LogP) is 6.40. The van der Waals surface area contributed by atoms with Crippen LogP contribution >= 0.6 is 0 Å². The Hall–Kier alpha value is -3.32. The van der Waals surface area contributed by atoms with E-state index in [-0.39, 0.29) is 36.4 Å². The van der Waals surface area contributed by atoms with Gasteiger partial charge in [-0.15, -0.1) is 0 Å². The summed E-state index contributed by atoms with van der Waals surface area (Å²) in [4.78, 5) is 0. The fraction of sp³-hybridized carbons (Fsp3) is 0.333. The Labute approximate surface area is 243 Å². The van der Waals surface area contributed by atoms with Crippen molar-refractivity contribution in [3.63, 3.8) is 0 Å². The van der Waals surface area contributed by atoms with Crippen molar-refractivity contribution >= 4 is 0 Å². The molecule has 5 heteroatoms. The lowest BCUT2D eigenvalue weighted by molar-refractivity contribution is -0.253. The number of fused-ring (bicyclic) bond motifs is 1. The molecule has 2 heterocycles. The standard InChI is InChI=1S/C36H38O5/c1-5-13-27(14-6-1)21-31-25-40-35-33(31)41-32(26-37-22-28-15-7-2-8-16-28)34(38-23-29-17-9-3-10-18-29)36(35)39-24-30-19-11-4-12-20-30/h1-20,31-36H,21-26H2/t31-,32-,33-,34-,35+,36+/m1/s1. The fourth-order valence-corrected chi connectivity index (χ4v) is 5.86. The molecule has 0 spiro atoms. The maximum Gasteiger partial charge on any atom is 0.115 e. The van der Waals surface area contributed by atoms with Gasteiger partial charge in [-0.05, 0) is 28.7 Å². The number of hydrogen-bond acceptors (Lipinski definition) is 5. The highest BCUT2D eigenvalue weighted by molar-refractivity contribution is 5.18. The number of benzene rings is 4. The van der Waals surface area contributed by atoms with Crippen molar-refractivity contribution in [2.24, 2.45) is 5.92 Å². The molecule has 0 aromatic heterocycles. The molecule has 0 saturated carbocycles. The second-order valence-corrected chi connectivity index (χ2v) is 10.9. The first kappa shape index (κ1) is 27.8. The molecular formula is C36H38O5. The lowest BCUT2D eigenvalue weighted by atomic mass is 9.87. The molecule has 6 rings (SSSR count). The van der Waals surface area contributed by atoms with Gasteiger partial charge in [0.2, 0.25) is 0 Å². The average Bonchev–Trinajstić information content (AvgIpc) is 3.43. The summed E-state index contributed by atoms with van der Waals surface area (Å²) in [6.45, 7) is 2.48. The molecule has 2 fully saturated rings. The van der Waals surface area contributed by atoms with Gasteiger partial charge in [0, 0.05) is 5.92 Å². The van der Waals surface area contributed by atoms with Gasteiger partial charge in [-0.3, -0.25) is 0 Å². The molecule has 0 aliphatic carbocycles. The summed E-state index contributed by atoms with van der Waals surface area (Å²) in [5, 5.41) is 0. The second kappa shape index (κ2) is 14.0. The third-order valence-corrected chi connectivity index (χ3v) is 7.94. The van der Waals surface area contributed by atoms with Crippen molar-refractivity contribution in [1.29, 1.82) is 0 Å². The molecule has 41 heavy (non-hydrogen) atoms. The van der Waals surface area contributed by atoms with Crippen molar-refractivity contribution in [1.82, 2.24) is 0 Å². The van der Waals surface area contributed by atoms with Crippen LogP contribution in [0.1, 0.15) is 22.3 Å².